The zero-order chi connectivity index (χ0) is 14.9. The van der Waals surface area contributed by atoms with Crippen LogP contribution in [0, 0.1) is 0 Å². The number of aryl methyl sites for hydroxylation is 2. The van der Waals surface area contributed by atoms with Crippen molar-refractivity contribution in [3.05, 3.63) is 34.8 Å². The first kappa shape index (κ1) is 13.4. The second kappa shape index (κ2) is 5.49. The van der Waals surface area contributed by atoms with Crippen LogP contribution >= 0.6 is 11.3 Å². The normalized spacial score (nSPS) is 14.0. The van der Waals surface area contributed by atoms with Crippen LogP contribution in [-0.2, 0) is 24.2 Å². The third-order valence-electron chi connectivity index (χ3n) is 3.81. The maximum atomic E-state index is 12.2. The van der Waals surface area contributed by atoms with Crippen molar-refractivity contribution in [1.82, 2.24) is 20.0 Å². The van der Waals surface area contributed by atoms with Gasteiger partial charge in [-0.1, -0.05) is 17.3 Å². The van der Waals surface area contributed by atoms with E-state index in [9.17, 15) is 4.79 Å². The van der Waals surface area contributed by atoms with E-state index in [1.165, 1.54) is 17.7 Å². The summed E-state index contributed by atoms with van der Waals surface area (Å²) < 4.78 is 1.61. The van der Waals surface area contributed by atoms with Gasteiger partial charge in [0.1, 0.15) is 12.1 Å². The maximum absolute atomic E-state index is 12.2. The van der Waals surface area contributed by atoms with E-state index in [-0.39, 0.29) is 12.5 Å². The van der Waals surface area contributed by atoms with E-state index in [0.29, 0.717) is 5.13 Å². The molecule has 22 heavy (non-hydrogen) atoms. The summed E-state index contributed by atoms with van der Waals surface area (Å²) >= 11 is 1.59. The minimum absolute atomic E-state index is 0.123. The Morgan fingerprint density at radius 3 is 3.05 bits per heavy atom. The first-order chi connectivity index (χ1) is 10.8. The number of amides is 1. The SMILES string of the molecule is O=C(Cn1nnc2ccccc21)Nc1nc2c(s1)CCCC2. The number of para-hydroxylation sites is 1. The van der Waals surface area contributed by atoms with Gasteiger partial charge in [0.05, 0.1) is 11.2 Å². The van der Waals surface area contributed by atoms with Gasteiger partial charge in [-0.15, -0.1) is 16.4 Å². The highest BCUT2D eigenvalue weighted by atomic mass is 32.1. The van der Waals surface area contributed by atoms with Crippen molar-refractivity contribution in [2.75, 3.05) is 5.32 Å². The molecule has 7 heteroatoms. The zero-order valence-electron chi connectivity index (χ0n) is 12.0. The van der Waals surface area contributed by atoms with E-state index in [1.54, 1.807) is 16.0 Å². The Morgan fingerprint density at radius 2 is 2.14 bits per heavy atom. The lowest BCUT2D eigenvalue weighted by atomic mass is 10.0. The molecule has 0 bridgehead atoms. The highest BCUT2D eigenvalue weighted by Crippen LogP contribution is 2.29. The van der Waals surface area contributed by atoms with Gasteiger partial charge in [-0.2, -0.15) is 0 Å². The van der Waals surface area contributed by atoms with Gasteiger partial charge >= 0.3 is 0 Å². The average Bonchev–Trinajstić information content (AvgIpc) is 3.11. The molecule has 0 spiro atoms. The minimum Gasteiger partial charge on any atom is -0.300 e. The van der Waals surface area contributed by atoms with E-state index in [4.69, 9.17) is 0 Å². The summed E-state index contributed by atoms with van der Waals surface area (Å²) in [4.78, 5) is 18.0. The molecule has 0 saturated heterocycles. The molecule has 1 N–H and O–H groups in total. The number of aromatic nitrogens is 4. The van der Waals surface area contributed by atoms with Crippen molar-refractivity contribution in [3.8, 4) is 0 Å². The summed E-state index contributed by atoms with van der Waals surface area (Å²) in [5.74, 6) is -0.123. The molecule has 112 valence electrons. The first-order valence-electron chi connectivity index (χ1n) is 7.36. The standard InChI is InChI=1S/C15H15N5OS/c21-14(9-20-12-7-3-1-5-10(12)18-19-20)17-15-16-11-6-2-4-8-13(11)22-15/h1,3,5,7H,2,4,6,8-9H2,(H,16,17,21). The van der Waals surface area contributed by atoms with Crippen LogP contribution in [0.25, 0.3) is 11.0 Å². The van der Waals surface area contributed by atoms with Gasteiger partial charge in [-0.05, 0) is 37.8 Å². The molecule has 0 radical (unpaired) electrons. The topological polar surface area (TPSA) is 72.7 Å². The Kier molecular flexibility index (Phi) is 3.34. The molecule has 2 aromatic heterocycles. The second-order valence-electron chi connectivity index (χ2n) is 5.38. The van der Waals surface area contributed by atoms with Gasteiger partial charge in [0.15, 0.2) is 5.13 Å². The predicted octanol–water partition coefficient (Wildman–Crippen LogP) is 2.41. The highest BCUT2D eigenvalue weighted by molar-refractivity contribution is 7.15. The number of nitrogens with one attached hydrogen (secondary N) is 1. The van der Waals surface area contributed by atoms with Crippen LogP contribution in [0.2, 0.25) is 0 Å². The lowest BCUT2D eigenvalue weighted by Crippen LogP contribution is -2.19. The third kappa shape index (κ3) is 2.48. The van der Waals surface area contributed by atoms with Gasteiger partial charge in [0, 0.05) is 4.88 Å². The van der Waals surface area contributed by atoms with E-state index >= 15 is 0 Å². The molecule has 4 rings (SSSR count). The number of benzene rings is 1. The molecule has 0 saturated carbocycles. The van der Waals surface area contributed by atoms with Crippen LogP contribution in [0.15, 0.2) is 24.3 Å². The molecule has 0 aliphatic heterocycles. The summed E-state index contributed by atoms with van der Waals surface area (Å²) in [5.41, 5.74) is 2.80. The third-order valence-corrected chi connectivity index (χ3v) is 4.88. The zero-order valence-corrected chi connectivity index (χ0v) is 12.8. The Morgan fingerprint density at radius 1 is 1.27 bits per heavy atom. The average molecular weight is 313 g/mol. The van der Waals surface area contributed by atoms with Gasteiger partial charge in [0.25, 0.3) is 0 Å². The Bertz CT molecular complexity index is 814. The second-order valence-corrected chi connectivity index (χ2v) is 6.46. The van der Waals surface area contributed by atoms with Crippen molar-refractivity contribution in [1.29, 1.82) is 0 Å². The van der Waals surface area contributed by atoms with Crippen molar-refractivity contribution >= 4 is 33.4 Å². The van der Waals surface area contributed by atoms with E-state index in [0.717, 1.165) is 29.6 Å². The summed E-state index contributed by atoms with van der Waals surface area (Å²) in [7, 11) is 0. The van der Waals surface area contributed by atoms with Crippen LogP contribution in [0.1, 0.15) is 23.4 Å². The molecular formula is C15H15N5OS. The summed E-state index contributed by atoms with van der Waals surface area (Å²) in [6.45, 7) is 0.144. The molecule has 3 aromatic rings. The number of nitrogens with zero attached hydrogens (tertiary/aromatic N) is 4. The summed E-state index contributed by atoms with van der Waals surface area (Å²) in [5, 5.41) is 11.7. The highest BCUT2D eigenvalue weighted by Gasteiger charge is 2.17. The van der Waals surface area contributed by atoms with Crippen LogP contribution in [0.3, 0.4) is 0 Å². The molecule has 1 aromatic carbocycles. The van der Waals surface area contributed by atoms with Crippen molar-refractivity contribution < 1.29 is 4.79 Å². The molecule has 0 fully saturated rings. The van der Waals surface area contributed by atoms with E-state index < -0.39 is 0 Å². The van der Waals surface area contributed by atoms with Crippen LogP contribution in [-0.4, -0.2) is 25.9 Å². The molecule has 1 aliphatic rings. The fourth-order valence-electron chi connectivity index (χ4n) is 2.73. The fraction of sp³-hybridized carbons (Fsp3) is 0.333. The quantitative estimate of drug-likeness (QED) is 0.806. The number of thiazole rings is 1. The Balaban J connectivity index is 1.49. The molecule has 2 heterocycles. The molecule has 1 amide bonds. The van der Waals surface area contributed by atoms with Crippen molar-refractivity contribution in [3.63, 3.8) is 0 Å². The number of rotatable bonds is 3. The van der Waals surface area contributed by atoms with Crippen LogP contribution in [0.4, 0.5) is 5.13 Å². The van der Waals surface area contributed by atoms with Crippen molar-refractivity contribution in [2.24, 2.45) is 0 Å². The Labute approximate surface area is 131 Å². The number of hydrogen-bond donors (Lipinski definition) is 1. The minimum atomic E-state index is -0.123. The number of fused-ring (bicyclic) bond motifs is 2. The Hall–Kier alpha value is -2.28. The first-order valence-corrected chi connectivity index (χ1v) is 8.18. The fourth-order valence-corrected chi connectivity index (χ4v) is 3.80. The smallest absolute Gasteiger partial charge is 0.247 e. The monoisotopic (exact) mass is 313 g/mol. The van der Waals surface area contributed by atoms with Crippen molar-refractivity contribution in [2.45, 2.75) is 32.2 Å². The number of hydrogen-bond acceptors (Lipinski definition) is 5. The molecule has 0 atom stereocenters. The summed E-state index contributed by atoms with van der Waals surface area (Å²) in [6.07, 6.45) is 4.51. The lowest BCUT2D eigenvalue weighted by Gasteiger charge is -2.06. The largest absolute Gasteiger partial charge is 0.300 e. The van der Waals surface area contributed by atoms with Crippen LogP contribution in [0.5, 0.6) is 0 Å². The lowest BCUT2D eigenvalue weighted by molar-refractivity contribution is -0.116. The maximum Gasteiger partial charge on any atom is 0.247 e. The predicted molar refractivity (Wildman–Crippen MR) is 84.9 cm³/mol. The number of carbonyl (C=O) groups excluding carboxylic acids is 1. The van der Waals surface area contributed by atoms with E-state index in [1.807, 2.05) is 24.3 Å². The summed E-state index contributed by atoms with van der Waals surface area (Å²) in [6, 6.07) is 7.60. The molecule has 1 aliphatic carbocycles. The molecule has 6 nitrogen and oxygen atoms in total. The van der Waals surface area contributed by atoms with Gasteiger partial charge in [-0.3, -0.25) is 4.79 Å². The number of carbonyl (C=O) groups is 1. The van der Waals surface area contributed by atoms with Gasteiger partial charge in [-0.25, -0.2) is 9.67 Å². The van der Waals surface area contributed by atoms with Gasteiger partial charge < -0.3 is 5.32 Å². The molecule has 0 unspecified atom stereocenters. The molecular weight excluding hydrogens is 298 g/mol. The van der Waals surface area contributed by atoms with E-state index in [2.05, 4.69) is 20.6 Å². The van der Waals surface area contributed by atoms with Crippen LogP contribution < -0.4 is 5.32 Å². The number of anilines is 1. The van der Waals surface area contributed by atoms with Gasteiger partial charge in [0.2, 0.25) is 5.91 Å².